The molecule has 0 bridgehead atoms. The molecule has 0 saturated carbocycles. The Balaban J connectivity index is 1.98. The summed E-state index contributed by atoms with van der Waals surface area (Å²) in [6.45, 7) is 1.92. The first-order valence-electron chi connectivity index (χ1n) is 6.36. The summed E-state index contributed by atoms with van der Waals surface area (Å²) in [4.78, 5) is 31.5. The molecule has 0 aliphatic carbocycles. The van der Waals surface area contributed by atoms with E-state index in [9.17, 15) is 4.79 Å². The van der Waals surface area contributed by atoms with Gasteiger partial charge in [-0.2, -0.15) is 0 Å². The van der Waals surface area contributed by atoms with Gasteiger partial charge in [0.25, 0.3) is 5.56 Å². The number of hydrogen-bond donors (Lipinski definition) is 1. The van der Waals surface area contributed by atoms with Crippen LogP contribution in [-0.2, 0) is 0 Å². The molecule has 0 aliphatic heterocycles. The number of fused-ring (bicyclic) bond motifs is 2. The first-order chi connectivity index (χ1) is 10.2. The number of imidazole rings is 1. The Hall–Kier alpha value is -3.09. The fourth-order valence-electron chi connectivity index (χ4n) is 2.29. The van der Waals surface area contributed by atoms with E-state index in [1.807, 2.05) is 35.9 Å². The molecular weight excluding hydrogens is 268 g/mol. The molecule has 0 unspecified atom stereocenters. The van der Waals surface area contributed by atoms with Crippen LogP contribution in [0.25, 0.3) is 28.1 Å². The third-order valence-corrected chi connectivity index (χ3v) is 3.22. The Morgan fingerprint density at radius 1 is 1.19 bits per heavy atom. The number of aryl methyl sites for hydroxylation is 1. The summed E-state index contributed by atoms with van der Waals surface area (Å²) >= 11 is 0. The number of aromatic nitrogens is 6. The average molecular weight is 278 g/mol. The number of hydrogen-bond acceptors (Lipinski definition) is 5. The van der Waals surface area contributed by atoms with Crippen LogP contribution in [0.15, 0.2) is 41.8 Å². The lowest BCUT2D eigenvalue weighted by Gasteiger charge is -2.02. The van der Waals surface area contributed by atoms with Gasteiger partial charge in [0.2, 0.25) is 0 Å². The van der Waals surface area contributed by atoms with Crippen molar-refractivity contribution in [1.82, 2.24) is 29.3 Å². The number of nitrogens with zero attached hydrogens (tertiary/aromatic N) is 5. The van der Waals surface area contributed by atoms with Gasteiger partial charge in [0, 0.05) is 18.0 Å². The van der Waals surface area contributed by atoms with Crippen LogP contribution in [0.3, 0.4) is 0 Å². The molecule has 0 aromatic carbocycles. The van der Waals surface area contributed by atoms with Gasteiger partial charge in [0.1, 0.15) is 23.2 Å². The summed E-state index contributed by atoms with van der Waals surface area (Å²) < 4.78 is 1.87. The Kier molecular flexibility index (Phi) is 2.34. The molecule has 0 aliphatic rings. The van der Waals surface area contributed by atoms with E-state index in [0.717, 1.165) is 11.3 Å². The van der Waals surface area contributed by atoms with Crippen molar-refractivity contribution in [3.63, 3.8) is 0 Å². The van der Waals surface area contributed by atoms with Crippen molar-refractivity contribution in [1.29, 1.82) is 0 Å². The molecule has 0 fully saturated rings. The lowest BCUT2D eigenvalue weighted by Crippen LogP contribution is -2.12. The number of rotatable bonds is 1. The van der Waals surface area contributed by atoms with Crippen molar-refractivity contribution in [2.24, 2.45) is 0 Å². The maximum absolute atomic E-state index is 12.2. The molecule has 7 heteroatoms. The molecule has 0 saturated heterocycles. The predicted octanol–water partition coefficient (Wildman–Crippen LogP) is 1.34. The van der Waals surface area contributed by atoms with Gasteiger partial charge in [-0.25, -0.2) is 19.9 Å². The van der Waals surface area contributed by atoms with Crippen molar-refractivity contribution in [3.8, 4) is 11.3 Å². The van der Waals surface area contributed by atoms with Gasteiger partial charge in [0.15, 0.2) is 5.65 Å². The SMILES string of the molecule is Cc1cn2cc(-c3nc4cncnc4[nH]c3=O)ccc2n1. The fourth-order valence-corrected chi connectivity index (χ4v) is 2.29. The minimum atomic E-state index is -0.280. The van der Waals surface area contributed by atoms with Gasteiger partial charge in [-0.15, -0.1) is 0 Å². The molecule has 4 aromatic heterocycles. The van der Waals surface area contributed by atoms with Crippen molar-refractivity contribution >= 4 is 16.8 Å². The summed E-state index contributed by atoms with van der Waals surface area (Å²) in [7, 11) is 0. The molecule has 4 aromatic rings. The molecule has 0 amide bonds. The van der Waals surface area contributed by atoms with Crippen LogP contribution in [0.1, 0.15) is 5.69 Å². The summed E-state index contributed by atoms with van der Waals surface area (Å²) in [5, 5.41) is 0. The van der Waals surface area contributed by atoms with Crippen LogP contribution in [0.4, 0.5) is 0 Å². The highest BCUT2D eigenvalue weighted by Gasteiger charge is 2.09. The Morgan fingerprint density at radius 3 is 3.00 bits per heavy atom. The molecule has 7 nitrogen and oxygen atoms in total. The second kappa shape index (κ2) is 4.20. The van der Waals surface area contributed by atoms with E-state index >= 15 is 0 Å². The number of nitrogens with one attached hydrogen (secondary N) is 1. The van der Waals surface area contributed by atoms with Crippen LogP contribution in [0.2, 0.25) is 0 Å². The van der Waals surface area contributed by atoms with Crippen molar-refractivity contribution in [3.05, 3.63) is 53.1 Å². The highest BCUT2D eigenvalue weighted by atomic mass is 16.1. The summed E-state index contributed by atoms with van der Waals surface area (Å²) in [6.07, 6.45) is 6.68. The van der Waals surface area contributed by atoms with Gasteiger partial charge in [0.05, 0.1) is 11.9 Å². The summed E-state index contributed by atoms with van der Waals surface area (Å²) in [6, 6.07) is 3.68. The van der Waals surface area contributed by atoms with Crippen molar-refractivity contribution in [2.45, 2.75) is 6.92 Å². The summed E-state index contributed by atoms with van der Waals surface area (Å²) in [5.74, 6) is 0. The zero-order valence-electron chi connectivity index (χ0n) is 11.1. The topological polar surface area (TPSA) is 88.8 Å². The predicted molar refractivity (Wildman–Crippen MR) is 76.9 cm³/mol. The lowest BCUT2D eigenvalue weighted by molar-refractivity contribution is 1.11. The average Bonchev–Trinajstić information content (AvgIpc) is 2.85. The van der Waals surface area contributed by atoms with Gasteiger partial charge in [-0.1, -0.05) is 0 Å². The maximum atomic E-state index is 12.2. The zero-order chi connectivity index (χ0) is 14.4. The molecule has 0 atom stereocenters. The number of H-pyrrole nitrogens is 1. The normalized spacial score (nSPS) is 11.3. The second-order valence-corrected chi connectivity index (χ2v) is 4.74. The molecule has 0 spiro atoms. The first-order valence-corrected chi connectivity index (χ1v) is 6.36. The number of aromatic amines is 1. The maximum Gasteiger partial charge on any atom is 0.276 e. The zero-order valence-corrected chi connectivity index (χ0v) is 11.1. The quantitative estimate of drug-likeness (QED) is 0.567. The van der Waals surface area contributed by atoms with Crippen molar-refractivity contribution < 1.29 is 0 Å². The van der Waals surface area contributed by atoms with Crippen LogP contribution in [0, 0.1) is 6.92 Å². The van der Waals surface area contributed by atoms with E-state index in [4.69, 9.17) is 0 Å². The molecular formula is C14H10N6O. The largest absolute Gasteiger partial charge is 0.306 e. The van der Waals surface area contributed by atoms with E-state index in [-0.39, 0.29) is 5.56 Å². The standard InChI is InChI=1S/C14H10N6O/c1-8-5-20-6-9(2-3-11(20)17-8)12-14(21)19-13-10(18-12)4-15-7-16-13/h2-7H,1H3,(H,15,16,19,21). The second-order valence-electron chi connectivity index (χ2n) is 4.74. The molecule has 1 N–H and O–H groups in total. The monoisotopic (exact) mass is 278 g/mol. The Labute approximate surface area is 118 Å². The van der Waals surface area contributed by atoms with E-state index in [1.54, 1.807) is 6.20 Å². The molecule has 4 rings (SSSR count). The van der Waals surface area contributed by atoms with Crippen LogP contribution >= 0.6 is 0 Å². The first kappa shape index (κ1) is 11.7. The third kappa shape index (κ3) is 1.86. The van der Waals surface area contributed by atoms with Gasteiger partial charge in [-0.3, -0.25) is 4.79 Å². The van der Waals surface area contributed by atoms with Crippen LogP contribution in [-0.4, -0.2) is 29.3 Å². The smallest absolute Gasteiger partial charge is 0.276 e. The van der Waals surface area contributed by atoms with Crippen LogP contribution < -0.4 is 5.56 Å². The Bertz CT molecular complexity index is 1030. The Morgan fingerprint density at radius 2 is 2.10 bits per heavy atom. The van der Waals surface area contributed by atoms with Gasteiger partial charge < -0.3 is 9.38 Å². The van der Waals surface area contributed by atoms with E-state index in [0.29, 0.717) is 22.4 Å². The fraction of sp³-hybridized carbons (Fsp3) is 0.0714. The third-order valence-electron chi connectivity index (χ3n) is 3.22. The highest BCUT2D eigenvalue weighted by molar-refractivity contribution is 5.72. The highest BCUT2D eigenvalue weighted by Crippen LogP contribution is 2.16. The molecule has 102 valence electrons. The minimum Gasteiger partial charge on any atom is -0.306 e. The molecule has 4 heterocycles. The van der Waals surface area contributed by atoms with E-state index in [1.165, 1.54) is 6.33 Å². The van der Waals surface area contributed by atoms with E-state index in [2.05, 4.69) is 24.9 Å². The molecule has 0 radical (unpaired) electrons. The van der Waals surface area contributed by atoms with E-state index < -0.39 is 0 Å². The minimum absolute atomic E-state index is 0.280. The number of pyridine rings is 1. The molecule has 21 heavy (non-hydrogen) atoms. The summed E-state index contributed by atoms with van der Waals surface area (Å²) in [5.41, 5.74) is 3.50. The lowest BCUT2D eigenvalue weighted by atomic mass is 10.2. The van der Waals surface area contributed by atoms with Crippen LogP contribution in [0.5, 0.6) is 0 Å². The van der Waals surface area contributed by atoms with Crippen molar-refractivity contribution in [2.75, 3.05) is 0 Å². The van der Waals surface area contributed by atoms with Gasteiger partial charge >= 0.3 is 0 Å². The van der Waals surface area contributed by atoms with Gasteiger partial charge in [-0.05, 0) is 19.1 Å².